The molecule has 1 N–H and O–H groups in total. The van der Waals surface area contributed by atoms with Gasteiger partial charge in [-0.25, -0.2) is 0 Å². The molecule has 4 nitrogen and oxygen atoms in total. The maximum absolute atomic E-state index is 12.1. The number of oxime groups is 1. The smallest absolute Gasteiger partial charge is 0.265 e. The van der Waals surface area contributed by atoms with E-state index in [9.17, 15) is 4.79 Å². The second kappa shape index (κ2) is 8.87. The van der Waals surface area contributed by atoms with Gasteiger partial charge >= 0.3 is 0 Å². The minimum Gasteiger partial charge on any atom is -0.386 e. The highest BCUT2D eigenvalue weighted by atomic mass is 16.6. The molecule has 0 aliphatic rings. The molecule has 2 aromatic rings. The van der Waals surface area contributed by atoms with Gasteiger partial charge in [0, 0.05) is 5.69 Å². The van der Waals surface area contributed by atoms with Crippen molar-refractivity contribution in [3.8, 4) is 0 Å². The van der Waals surface area contributed by atoms with E-state index in [1.807, 2.05) is 49.4 Å². The molecule has 1 amide bonds. The maximum Gasteiger partial charge on any atom is 0.265 e. The first kappa shape index (κ1) is 17.7. The van der Waals surface area contributed by atoms with Crippen LogP contribution in [0, 0.1) is 6.92 Å². The number of aryl methyl sites for hydroxylation is 3. The van der Waals surface area contributed by atoms with E-state index in [1.165, 1.54) is 0 Å². The highest BCUT2D eigenvalue weighted by Gasteiger charge is 2.10. The lowest BCUT2D eigenvalue weighted by atomic mass is 10.0. The van der Waals surface area contributed by atoms with Crippen molar-refractivity contribution in [2.45, 2.75) is 33.6 Å². The molecule has 0 aliphatic carbocycles. The summed E-state index contributed by atoms with van der Waals surface area (Å²) in [5, 5.41) is 6.84. The van der Waals surface area contributed by atoms with Crippen molar-refractivity contribution >= 4 is 17.8 Å². The predicted octanol–water partition coefficient (Wildman–Crippen LogP) is 4.11. The Kier molecular flexibility index (Phi) is 6.55. The van der Waals surface area contributed by atoms with Gasteiger partial charge in [0.15, 0.2) is 6.61 Å². The molecular weight excluding hydrogens is 300 g/mol. The summed E-state index contributed by atoms with van der Waals surface area (Å²) in [7, 11) is 0. The van der Waals surface area contributed by atoms with Crippen LogP contribution >= 0.6 is 0 Å². The molecule has 4 heteroatoms. The Morgan fingerprint density at radius 2 is 1.75 bits per heavy atom. The Labute approximate surface area is 143 Å². The Bertz CT molecular complexity index is 701. The van der Waals surface area contributed by atoms with Crippen LogP contribution in [0.2, 0.25) is 0 Å². The molecule has 0 saturated carbocycles. The topological polar surface area (TPSA) is 50.7 Å². The molecule has 0 unspecified atom stereocenters. The van der Waals surface area contributed by atoms with Crippen molar-refractivity contribution in [3.05, 3.63) is 64.7 Å². The van der Waals surface area contributed by atoms with Crippen molar-refractivity contribution in [2.24, 2.45) is 5.16 Å². The summed E-state index contributed by atoms with van der Waals surface area (Å²) in [5.41, 5.74) is 5.25. The first-order chi connectivity index (χ1) is 11.7. The van der Waals surface area contributed by atoms with Crippen LogP contribution in [0.4, 0.5) is 5.69 Å². The van der Waals surface area contributed by atoms with Crippen LogP contribution in [0.15, 0.2) is 47.6 Å². The van der Waals surface area contributed by atoms with Crippen LogP contribution in [0.5, 0.6) is 0 Å². The number of nitrogens with one attached hydrogen (secondary N) is 1. The number of nitrogens with zero attached hydrogens (tertiary/aromatic N) is 1. The number of benzene rings is 2. The molecule has 0 heterocycles. The lowest BCUT2D eigenvalue weighted by Crippen LogP contribution is -2.19. The Morgan fingerprint density at radius 1 is 1.08 bits per heavy atom. The third-order valence-electron chi connectivity index (χ3n) is 3.91. The second-order valence-corrected chi connectivity index (χ2v) is 5.57. The molecule has 2 rings (SSSR count). The number of carbonyl (C=O) groups is 1. The zero-order valence-electron chi connectivity index (χ0n) is 14.5. The first-order valence-corrected chi connectivity index (χ1v) is 8.27. The number of amides is 1. The molecule has 0 bridgehead atoms. The fourth-order valence-corrected chi connectivity index (χ4v) is 2.50. The van der Waals surface area contributed by atoms with E-state index in [4.69, 9.17) is 4.84 Å². The van der Waals surface area contributed by atoms with E-state index in [0.717, 1.165) is 40.8 Å². The Hall–Kier alpha value is -2.62. The zero-order chi connectivity index (χ0) is 17.4. The van der Waals surface area contributed by atoms with Crippen molar-refractivity contribution in [1.82, 2.24) is 0 Å². The largest absolute Gasteiger partial charge is 0.386 e. The number of hydrogen-bond donors (Lipinski definition) is 1. The van der Waals surface area contributed by atoms with Gasteiger partial charge in [-0.3, -0.25) is 4.79 Å². The summed E-state index contributed by atoms with van der Waals surface area (Å²) in [6.45, 7) is 6.05. The highest BCUT2D eigenvalue weighted by molar-refractivity contribution is 5.93. The van der Waals surface area contributed by atoms with Gasteiger partial charge in [-0.1, -0.05) is 61.5 Å². The molecule has 0 radical (unpaired) electrons. The summed E-state index contributed by atoms with van der Waals surface area (Å²) >= 11 is 0. The summed E-state index contributed by atoms with van der Waals surface area (Å²) in [6.07, 6.45) is 3.37. The van der Waals surface area contributed by atoms with Gasteiger partial charge in [0.2, 0.25) is 0 Å². The summed E-state index contributed by atoms with van der Waals surface area (Å²) in [4.78, 5) is 17.2. The summed E-state index contributed by atoms with van der Waals surface area (Å²) in [6, 6.07) is 14.0. The lowest BCUT2D eigenvalue weighted by Gasteiger charge is -2.13. The normalized spacial score (nSPS) is 10.8. The molecule has 0 spiro atoms. The number of hydrogen-bond acceptors (Lipinski definition) is 3. The van der Waals surface area contributed by atoms with E-state index in [1.54, 1.807) is 6.21 Å². The van der Waals surface area contributed by atoms with Crippen LogP contribution in [0.3, 0.4) is 0 Å². The van der Waals surface area contributed by atoms with Crippen LogP contribution in [0.1, 0.15) is 36.1 Å². The highest BCUT2D eigenvalue weighted by Crippen LogP contribution is 2.22. The van der Waals surface area contributed by atoms with E-state index in [2.05, 4.69) is 24.3 Å². The molecule has 24 heavy (non-hydrogen) atoms. The third kappa shape index (κ3) is 4.69. The first-order valence-electron chi connectivity index (χ1n) is 8.27. The number of anilines is 1. The van der Waals surface area contributed by atoms with Gasteiger partial charge < -0.3 is 10.2 Å². The van der Waals surface area contributed by atoms with Crippen LogP contribution in [-0.2, 0) is 22.5 Å². The van der Waals surface area contributed by atoms with Crippen LogP contribution < -0.4 is 5.32 Å². The summed E-state index contributed by atoms with van der Waals surface area (Å²) in [5.74, 6) is -0.201. The van der Waals surface area contributed by atoms with Gasteiger partial charge in [-0.15, -0.1) is 0 Å². The molecule has 0 fully saturated rings. The molecular formula is C20H24N2O2. The van der Waals surface area contributed by atoms with Crippen LogP contribution in [-0.4, -0.2) is 18.7 Å². The average molecular weight is 324 g/mol. The van der Waals surface area contributed by atoms with Crippen molar-refractivity contribution in [2.75, 3.05) is 11.9 Å². The average Bonchev–Trinajstić information content (AvgIpc) is 2.60. The van der Waals surface area contributed by atoms with Gasteiger partial charge in [0.25, 0.3) is 5.91 Å². The van der Waals surface area contributed by atoms with E-state index < -0.39 is 0 Å². The van der Waals surface area contributed by atoms with E-state index >= 15 is 0 Å². The quantitative estimate of drug-likeness (QED) is 0.615. The Morgan fingerprint density at radius 3 is 2.38 bits per heavy atom. The second-order valence-electron chi connectivity index (χ2n) is 5.57. The van der Waals surface area contributed by atoms with Crippen molar-refractivity contribution < 1.29 is 9.63 Å². The predicted molar refractivity (Wildman–Crippen MR) is 98.6 cm³/mol. The van der Waals surface area contributed by atoms with Crippen molar-refractivity contribution in [1.29, 1.82) is 0 Å². The molecule has 0 aliphatic heterocycles. The van der Waals surface area contributed by atoms with Gasteiger partial charge in [0.1, 0.15) is 0 Å². The lowest BCUT2D eigenvalue weighted by molar-refractivity contribution is -0.120. The molecule has 2 aromatic carbocycles. The van der Waals surface area contributed by atoms with E-state index in [-0.39, 0.29) is 12.5 Å². The zero-order valence-corrected chi connectivity index (χ0v) is 14.5. The maximum atomic E-state index is 12.1. The standard InChI is InChI=1S/C20H24N2O2/c1-4-16-11-8-12-17(5-2)20(16)22-19(23)14-24-21-13-18-10-7-6-9-15(18)3/h6-13H,4-5,14H2,1-3H3,(H,22,23)/b21-13-. The van der Waals surface area contributed by atoms with Crippen LogP contribution in [0.25, 0.3) is 0 Å². The van der Waals surface area contributed by atoms with Crippen molar-refractivity contribution in [3.63, 3.8) is 0 Å². The number of rotatable bonds is 7. The monoisotopic (exact) mass is 324 g/mol. The molecule has 0 aromatic heterocycles. The molecule has 0 saturated heterocycles. The fraction of sp³-hybridized carbons (Fsp3) is 0.300. The number of para-hydroxylation sites is 1. The number of carbonyl (C=O) groups excluding carboxylic acids is 1. The minimum atomic E-state index is -0.201. The molecule has 126 valence electrons. The Balaban J connectivity index is 1.94. The minimum absolute atomic E-state index is 0.108. The van der Waals surface area contributed by atoms with Gasteiger partial charge in [-0.05, 0) is 42.0 Å². The summed E-state index contributed by atoms with van der Waals surface area (Å²) < 4.78 is 0. The third-order valence-corrected chi connectivity index (χ3v) is 3.91. The fourth-order valence-electron chi connectivity index (χ4n) is 2.50. The SMILES string of the molecule is CCc1cccc(CC)c1NC(=O)CO/N=C\c1ccccc1C. The van der Waals surface area contributed by atoms with E-state index in [0.29, 0.717) is 0 Å². The molecule has 0 atom stereocenters. The van der Waals surface area contributed by atoms with Gasteiger partial charge in [-0.2, -0.15) is 0 Å². The van der Waals surface area contributed by atoms with Gasteiger partial charge in [0.05, 0.1) is 6.21 Å².